The SMILES string of the molecule is O=C(c1snnc1-c1ccc(Br)cc1)N1CCN(C/C=C/c2ccccc2)CC1. The maximum atomic E-state index is 13.0. The first-order valence-electron chi connectivity index (χ1n) is 9.52. The predicted molar refractivity (Wildman–Crippen MR) is 121 cm³/mol. The van der Waals surface area contributed by atoms with Crippen LogP contribution in [0.4, 0.5) is 0 Å². The van der Waals surface area contributed by atoms with E-state index < -0.39 is 0 Å². The van der Waals surface area contributed by atoms with E-state index in [2.05, 4.69) is 54.7 Å². The number of benzene rings is 2. The summed E-state index contributed by atoms with van der Waals surface area (Å²) in [6, 6.07) is 18.1. The maximum Gasteiger partial charge on any atom is 0.267 e. The highest BCUT2D eigenvalue weighted by molar-refractivity contribution is 9.10. The lowest BCUT2D eigenvalue weighted by atomic mass is 10.1. The smallest absolute Gasteiger partial charge is 0.267 e. The summed E-state index contributed by atoms with van der Waals surface area (Å²) in [6.07, 6.45) is 4.33. The number of rotatable bonds is 5. The number of hydrogen-bond donors (Lipinski definition) is 0. The van der Waals surface area contributed by atoms with Crippen molar-refractivity contribution in [2.75, 3.05) is 32.7 Å². The number of piperazine rings is 1. The number of halogens is 1. The molecule has 0 saturated carbocycles. The van der Waals surface area contributed by atoms with Gasteiger partial charge < -0.3 is 4.90 Å². The Morgan fingerprint density at radius 1 is 1.03 bits per heavy atom. The van der Waals surface area contributed by atoms with Gasteiger partial charge in [0.05, 0.1) is 0 Å². The molecule has 1 amide bonds. The second kappa shape index (κ2) is 9.43. The van der Waals surface area contributed by atoms with Crippen molar-refractivity contribution in [1.29, 1.82) is 0 Å². The van der Waals surface area contributed by atoms with Gasteiger partial charge in [-0.05, 0) is 29.2 Å². The molecule has 0 radical (unpaired) electrons. The standard InChI is InChI=1S/C22H21BrN4OS/c23-19-10-8-18(9-11-19)20-21(29-25-24-20)22(28)27-15-13-26(14-16-27)12-4-7-17-5-2-1-3-6-17/h1-11H,12-16H2/b7-4+. The Kier molecular flexibility index (Phi) is 6.49. The third-order valence-electron chi connectivity index (χ3n) is 4.93. The van der Waals surface area contributed by atoms with Crippen LogP contribution in [0, 0.1) is 0 Å². The zero-order valence-electron chi connectivity index (χ0n) is 15.9. The fraction of sp³-hybridized carbons (Fsp3) is 0.227. The van der Waals surface area contributed by atoms with Crippen molar-refractivity contribution in [1.82, 2.24) is 19.4 Å². The van der Waals surface area contributed by atoms with Gasteiger partial charge in [0.1, 0.15) is 10.6 Å². The molecule has 0 spiro atoms. The molecular weight excluding hydrogens is 448 g/mol. The molecular formula is C22H21BrN4OS. The molecule has 1 fully saturated rings. The minimum atomic E-state index is 0.0254. The topological polar surface area (TPSA) is 49.3 Å². The average Bonchev–Trinajstić information content (AvgIpc) is 3.25. The maximum absolute atomic E-state index is 13.0. The lowest BCUT2D eigenvalue weighted by Gasteiger charge is -2.33. The molecule has 4 rings (SSSR count). The van der Waals surface area contributed by atoms with Crippen LogP contribution in [-0.4, -0.2) is 58.0 Å². The molecule has 1 aromatic heterocycles. The zero-order chi connectivity index (χ0) is 20.1. The molecule has 2 aromatic carbocycles. The third kappa shape index (κ3) is 4.98. The van der Waals surface area contributed by atoms with Crippen LogP contribution in [-0.2, 0) is 0 Å². The van der Waals surface area contributed by atoms with Crippen LogP contribution in [0.1, 0.15) is 15.2 Å². The Bertz CT molecular complexity index is 980. The van der Waals surface area contributed by atoms with Crippen molar-refractivity contribution in [2.45, 2.75) is 0 Å². The highest BCUT2D eigenvalue weighted by Gasteiger charge is 2.26. The summed E-state index contributed by atoms with van der Waals surface area (Å²) in [5, 5.41) is 4.20. The van der Waals surface area contributed by atoms with Crippen molar-refractivity contribution >= 4 is 39.4 Å². The van der Waals surface area contributed by atoms with Gasteiger partial charge in [0.15, 0.2) is 0 Å². The van der Waals surface area contributed by atoms with E-state index in [-0.39, 0.29) is 5.91 Å². The summed E-state index contributed by atoms with van der Waals surface area (Å²) in [5.41, 5.74) is 2.79. The van der Waals surface area contributed by atoms with Gasteiger partial charge in [-0.2, -0.15) is 0 Å². The van der Waals surface area contributed by atoms with E-state index in [0.29, 0.717) is 10.6 Å². The average molecular weight is 469 g/mol. The summed E-state index contributed by atoms with van der Waals surface area (Å²) in [4.78, 5) is 17.9. The van der Waals surface area contributed by atoms with Crippen LogP contribution in [0.25, 0.3) is 17.3 Å². The van der Waals surface area contributed by atoms with Gasteiger partial charge in [-0.15, -0.1) is 5.10 Å². The third-order valence-corrected chi connectivity index (χ3v) is 6.18. The Morgan fingerprint density at radius 2 is 1.76 bits per heavy atom. The molecule has 3 aromatic rings. The monoisotopic (exact) mass is 468 g/mol. The van der Waals surface area contributed by atoms with E-state index in [1.807, 2.05) is 47.4 Å². The Labute approximate surface area is 183 Å². The fourth-order valence-electron chi connectivity index (χ4n) is 3.31. The van der Waals surface area contributed by atoms with Crippen molar-refractivity contribution in [3.05, 3.63) is 75.6 Å². The minimum Gasteiger partial charge on any atom is -0.335 e. The first-order valence-corrected chi connectivity index (χ1v) is 11.1. The molecule has 0 atom stereocenters. The van der Waals surface area contributed by atoms with Crippen molar-refractivity contribution in [2.24, 2.45) is 0 Å². The molecule has 0 N–H and O–H groups in total. The summed E-state index contributed by atoms with van der Waals surface area (Å²) in [6.45, 7) is 4.06. The normalized spacial score (nSPS) is 15.1. The Balaban J connectivity index is 1.34. The summed E-state index contributed by atoms with van der Waals surface area (Å²) in [7, 11) is 0. The summed E-state index contributed by atoms with van der Waals surface area (Å²) >= 11 is 4.61. The van der Waals surface area contributed by atoms with Crippen LogP contribution in [0.2, 0.25) is 0 Å². The second-order valence-electron chi connectivity index (χ2n) is 6.86. The number of carbonyl (C=O) groups excluding carboxylic acids is 1. The molecule has 5 nitrogen and oxygen atoms in total. The minimum absolute atomic E-state index is 0.0254. The largest absolute Gasteiger partial charge is 0.335 e. The molecule has 1 aliphatic rings. The predicted octanol–water partition coefficient (Wildman–Crippen LogP) is 4.44. The van der Waals surface area contributed by atoms with Crippen LogP contribution in [0.15, 0.2) is 65.1 Å². The first kappa shape index (κ1) is 19.9. The fourth-order valence-corrected chi connectivity index (χ4v) is 4.23. The van der Waals surface area contributed by atoms with Gasteiger partial charge in [-0.3, -0.25) is 9.69 Å². The number of hydrogen-bond acceptors (Lipinski definition) is 5. The molecule has 0 bridgehead atoms. The summed E-state index contributed by atoms with van der Waals surface area (Å²) < 4.78 is 5.03. The van der Waals surface area contributed by atoms with Crippen molar-refractivity contribution in [3.8, 4) is 11.3 Å². The number of amides is 1. The van der Waals surface area contributed by atoms with Gasteiger partial charge in [0.2, 0.25) is 0 Å². The van der Waals surface area contributed by atoms with Gasteiger partial charge in [0.25, 0.3) is 5.91 Å². The molecule has 0 aliphatic carbocycles. The number of aromatic nitrogens is 2. The molecule has 0 unspecified atom stereocenters. The number of nitrogens with zero attached hydrogens (tertiary/aromatic N) is 4. The molecule has 29 heavy (non-hydrogen) atoms. The molecule has 1 aliphatic heterocycles. The molecule has 7 heteroatoms. The lowest BCUT2D eigenvalue weighted by molar-refractivity contribution is 0.0655. The van der Waals surface area contributed by atoms with Gasteiger partial charge in [-0.25, -0.2) is 0 Å². The van der Waals surface area contributed by atoms with E-state index in [0.717, 1.165) is 42.8 Å². The second-order valence-corrected chi connectivity index (χ2v) is 8.53. The van der Waals surface area contributed by atoms with E-state index in [4.69, 9.17) is 0 Å². The molecule has 1 saturated heterocycles. The molecule has 148 valence electrons. The van der Waals surface area contributed by atoms with Crippen LogP contribution >= 0.6 is 27.5 Å². The van der Waals surface area contributed by atoms with Gasteiger partial charge in [-0.1, -0.05) is 75.0 Å². The van der Waals surface area contributed by atoms with Crippen LogP contribution in [0.3, 0.4) is 0 Å². The van der Waals surface area contributed by atoms with E-state index in [1.165, 1.54) is 17.1 Å². The lowest BCUT2D eigenvalue weighted by Crippen LogP contribution is -2.48. The Hall–Kier alpha value is -2.35. The molecule has 2 heterocycles. The van der Waals surface area contributed by atoms with Crippen LogP contribution < -0.4 is 0 Å². The van der Waals surface area contributed by atoms with Gasteiger partial charge >= 0.3 is 0 Å². The van der Waals surface area contributed by atoms with E-state index >= 15 is 0 Å². The van der Waals surface area contributed by atoms with Crippen molar-refractivity contribution < 1.29 is 4.79 Å². The van der Waals surface area contributed by atoms with Gasteiger partial charge in [0, 0.05) is 42.8 Å². The van der Waals surface area contributed by atoms with E-state index in [1.54, 1.807) is 0 Å². The quantitative estimate of drug-likeness (QED) is 0.555. The van der Waals surface area contributed by atoms with Crippen LogP contribution in [0.5, 0.6) is 0 Å². The number of carbonyl (C=O) groups is 1. The zero-order valence-corrected chi connectivity index (χ0v) is 18.3. The highest BCUT2D eigenvalue weighted by atomic mass is 79.9. The first-order chi connectivity index (χ1) is 14.2. The van der Waals surface area contributed by atoms with Crippen molar-refractivity contribution in [3.63, 3.8) is 0 Å². The Morgan fingerprint density at radius 3 is 2.48 bits per heavy atom. The van der Waals surface area contributed by atoms with E-state index in [9.17, 15) is 4.79 Å². The summed E-state index contributed by atoms with van der Waals surface area (Å²) in [5.74, 6) is 0.0254. The highest BCUT2D eigenvalue weighted by Crippen LogP contribution is 2.26.